The lowest BCUT2D eigenvalue weighted by atomic mass is 10.1. The van der Waals surface area contributed by atoms with Gasteiger partial charge in [0.25, 0.3) is 0 Å². The molecule has 0 aliphatic rings. The molecule has 312 valence electrons. The lowest BCUT2D eigenvalue weighted by molar-refractivity contribution is 0.130. The summed E-state index contributed by atoms with van der Waals surface area (Å²) < 4.78 is 67.2. The SMILES string of the molecule is C.CC(C)(C)NS(=O)(=O)c1cc(N)ccc1-c1cnc(Br)s1.CC(C)OC(=O)Cl.CC(C)OC(=O)Nc1ccc(-c2cnc(Br)s2)c(S(=O)(=O)NC(C)(C)C)c1. The van der Waals surface area contributed by atoms with Gasteiger partial charge in [0.2, 0.25) is 20.0 Å². The summed E-state index contributed by atoms with van der Waals surface area (Å²) in [6, 6.07) is 9.53. The average Bonchev–Trinajstić information content (AvgIpc) is 3.62. The van der Waals surface area contributed by atoms with Crippen molar-refractivity contribution in [1.82, 2.24) is 19.4 Å². The molecule has 56 heavy (non-hydrogen) atoms. The fourth-order valence-corrected chi connectivity index (χ4v) is 10.5. The maximum Gasteiger partial charge on any atom is 0.411 e. The minimum absolute atomic E-state index is 0. The number of hydrogen-bond acceptors (Lipinski definition) is 13. The lowest BCUT2D eigenvalue weighted by Crippen LogP contribution is -2.40. The summed E-state index contributed by atoms with van der Waals surface area (Å²) in [5.74, 6) is 0. The van der Waals surface area contributed by atoms with Crippen molar-refractivity contribution in [2.24, 2.45) is 0 Å². The van der Waals surface area contributed by atoms with Gasteiger partial charge in [-0.05, 0) is 125 Å². The molecule has 0 atom stereocenters. The second-order valence-corrected chi connectivity index (χ2v) is 22.3. The number of carbonyl (C=O) groups excluding carboxylic acids is 2. The third-order valence-corrected chi connectivity index (χ3v) is 12.6. The van der Waals surface area contributed by atoms with E-state index < -0.39 is 42.6 Å². The molecule has 0 saturated carbocycles. The molecule has 5 N–H and O–H groups in total. The number of benzene rings is 2. The third-order valence-electron chi connectivity index (χ3n) is 5.85. The Balaban J connectivity index is 0.000000481. The summed E-state index contributed by atoms with van der Waals surface area (Å²) in [4.78, 5) is 31.5. The average molecular weight is 1010 g/mol. The van der Waals surface area contributed by atoms with Gasteiger partial charge in [-0.2, -0.15) is 0 Å². The highest BCUT2D eigenvalue weighted by Crippen LogP contribution is 2.36. The number of hydrogen-bond donors (Lipinski definition) is 4. The minimum Gasteiger partial charge on any atom is -0.451 e. The van der Waals surface area contributed by atoms with Crippen molar-refractivity contribution in [2.45, 2.75) is 110 Å². The van der Waals surface area contributed by atoms with Gasteiger partial charge in [-0.1, -0.05) is 19.6 Å². The number of sulfonamides is 2. The van der Waals surface area contributed by atoms with Gasteiger partial charge in [0.05, 0.1) is 31.8 Å². The predicted molar refractivity (Wildman–Crippen MR) is 235 cm³/mol. The number of carbonyl (C=O) groups is 2. The Morgan fingerprint density at radius 1 is 0.750 bits per heavy atom. The normalized spacial score (nSPS) is 11.8. The summed E-state index contributed by atoms with van der Waals surface area (Å²) in [7, 11) is -7.52. The van der Waals surface area contributed by atoms with Crippen LogP contribution in [0.3, 0.4) is 0 Å². The number of thiazole rings is 2. The van der Waals surface area contributed by atoms with E-state index in [9.17, 15) is 26.4 Å². The molecule has 1 amide bonds. The number of halogens is 3. The van der Waals surface area contributed by atoms with E-state index in [1.165, 1.54) is 34.8 Å². The highest BCUT2D eigenvalue weighted by atomic mass is 79.9. The van der Waals surface area contributed by atoms with Crippen LogP contribution in [0.15, 0.2) is 66.4 Å². The number of anilines is 2. The topological polar surface area (TPSA) is 209 Å². The van der Waals surface area contributed by atoms with E-state index in [1.807, 2.05) is 0 Å². The van der Waals surface area contributed by atoms with Crippen LogP contribution in [0.5, 0.6) is 0 Å². The lowest BCUT2D eigenvalue weighted by Gasteiger charge is -2.22. The summed E-state index contributed by atoms with van der Waals surface area (Å²) in [6.07, 6.45) is 2.19. The maximum absolute atomic E-state index is 13.0. The van der Waals surface area contributed by atoms with Gasteiger partial charge in [-0.25, -0.2) is 45.8 Å². The smallest absolute Gasteiger partial charge is 0.411 e. The van der Waals surface area contributed by atoms with Crippen molar-refractivity contribution in [3.63, 3.8) is 0 Å². The fraction of sp³-hybridized carbons (Fsp3) is 0.429. The van der Waals surface area contributed by atoms with Crippen molar-refractivity contribution in [1.29, 1.82) is 0 Å². The van der Waals surface area contributed by atoms with Crippen molar-refractivity contribution in [3.05, 3.63) is 56.6 Å². The van der Waals surface area contributed by atoms with E-state index >= 15 is 0 Å². The quantitative estimate of drug-likeness (QED) is 0.0916. The van der Waals surface area contributed by atoms with Crippen LogP contribution in [0.2, 0.25) is 0 Å². The molecular weight excluding hydrogens is 956 g/mol. The van der Waals surface area contributed by atoms with Gasteiger partial charge < -0.3 is 15.2 Å². The van der Waals surface area contributed by atoms with Crippen LogP contribution in [0.25, 0.3) is 20.9 Å². The van der Waals surface area contributed by atoms with Gasteiger partial charge in [0.15, 0.2) is 7.83 Å². The number of aromatic nitrogens is 2. The van der Waals surface area contributed by atoms with Crippen molar-refractivity contribution in [3.8, 4) is 20.9 Å². The van der Waals surface area contributed by atoms with Gasteiger partial charge in [-0.15, -0.1) is 22.7 Å². The Bertz CT molecular complexity index is 2170. The van der Waals surface area contributed by atoms with Crippen LogP contribution in [0.4, 0.5) is 21.0 Å². The minimum atomic E-state index is -3.85. The molecule has 0 unspecified atom stereocenters. The zero-order valence-corrected chi connectivity index (χ0v) is 39.0. The third kappa shape index (κ3) is 17.8. The molecule has 4 aromatic rings. The van der Waals surface area contributed by atoms with E-state index in [-0.39, 0.29) is 29.4 Å². The monoisotopic (exact) mass is 1000 g/mol. The maximum atomic E-state index is 13.0. The molecule has 4 rings (SSSR count). The molecule has 0 fully saturated rings. The predicted octanol–water partition coefficient (Wildman–Crippen LogP) is 10.2. The van der Waals surface area contributed by atoms with E-state index in [0.717, 1.165) is 4.88 Å². The van der Waals surface area contributed by atoms with E-state index in [2.05, 4.69) is 61.3 Å². The number of ether oxygens (including phenoxy) is 2. The van der Waals surface area contributed by atoms with Gasteiger partial charge in [-0.3, -0.25) is 5.32 Å². The van der Waals surface area contributed by atoms with Crippen LogP contribution >= 0.6 is 66.1 Å². The Labute approximate surface area is 360 Å². The second kappa shape index (κ2) is 21.4. The van der Waals surface area contributed by atoms with Crippen molar-refractivity contribution in [2.75, 3.05) is 11.1 Å². The largest absolute Gasteiger partial charge is 0.451 e. The first kappa shape index (κ1) is 51.3. The highest BCUT2D eigenvalue weighted by molar-refractivity contribution is 9.11. The Morgan fingerprint density at radius 3 is 1.50 bits per heavy atom. The fourth-order valence-electron chi connectivity index (χ4n) is 4.21. The van der Waals surface area contributed by atoms with Gasteiger partial charge in [0.1, 0.15) is 0 Å². The summed E-state index contributed by atoms with van der Waals surface area (Å²) >= 11 is 14.1. The molecule has 0 aliphatic heterocycles. The first-order chi connectivity index (χ1) is 25.1. The van der Waals surface area contributed by atoms with Crippen LogP contribution in [-0.2, 0) is 29.5 Å². The van der Waals surface area contributed by atoms with E-state index in [4.69, 9.17) is 22.1 Å². The highest BCUT2D eigenvalue weighted by Gasteiger charge is 2.28. The van der Waals surface area contributed by atoms with Crippen molar-refractivity contribution < 1.29 is 35.9 Å². The number of nitrogens with two attached hydrogens (primary N) is 1. The summed E-state index contributed by atoms with van der Waals surface area (Å²) in [5, 5.41) is 2.56. The molecule has 0 radical (unpaired) electrons. The van der Waals surface area contributed by atoms with Crippen LogP contribution in [0, 0.1) is 0 Å². The molecule has 0 bridgehead atoms. The molecule has 2 aromatic carbocycles. The van der Waals surface area contributed by atoms with Crippen LogP contribution in [-0.4, -0.2) is 61.6 Å². The summed E-state index contributed by atoms with van der Waals surface area (Å²) in [5.41, 5.74) is 5.59. The number of amides is 1. The Morgan fingerprint density at radius 2 is 1.16 bits per heavy atom. The Hall–Kier alpha value is -2.69. The molecule has 21 heteroatoms. The van der Waals surface area contributed by atoms with E-state index in [1.54, 1.807) is 106 Å². The number of nitrogen functional groups attached to an aromatic ring is 1. The zero-order chi connectivity index (χ0) is 42.1. The first-order valence-corrected chi connectivity index (χ1v) is 22.8. The van der Waals surface area contributed by atoms with Crippen molar-refractivity contribution >= 4 is 109 Å². The summed E-state index contributed by atoms with van der Waals surface area (Å²) in [6.45, 7) is 17.6. The molecule has 14 nitrogen and oxygen atoms in total. The van der Waals surface area contributed by atoms with Crippen LogP contribution < -0.4 is 20.5 Å². The molecule has 2 aromatic heterocycles. The van der Waals surface area contributed by atoms with Gasteiger partial charge in [0, 0.05) is 57.6 Å². The van der Waals surface area contributed by atoms with E-state index in [0.29, 0.717) is 35.2 Å². The Kier molecular flexibility index (Phi) is 19.6. The first-order valence-electron chi connectivity index (χ1n) is 16.3. The second-order valence-electron chi connectivity index (χ2n) is 14.1. The number of nitrogens with zero attached hydrogens (tertiary/aromatic N) is 2. The standard InChI is InChI=1S/C17H22BrN3O4S2.C13H16BrN3O2S2.C4H7ClO2.CH4/c1-10(2)25-16(22)20-11-6-7-12(13-9-19-15(18)26-13)14(8-11)27(23,24)21-17(3,4)5;1-13(2,3)17-21(18,19)11-6-8(15)4-5-9(11)10-7-16-12(14)20-10;1-3(2)7-4(5)6;/h6-10,21H,1-5H3,(H,20,22);4-7,17H,15H2,1-3H3;3H,1-2H3;1H4. The molecular formula is C35H49Br2ClN6O8S4. The zero-order valence-electron chi connectivity index (χ0n) is 31.8. The number of rotatable bonds is 9. The number of nitrogens with one attached hydrogen (secondary N) is 3. The molecule has 0 spiro atoms. The molecule has 0 saturated heterocycles. The van der Waals surface area contributed by atoms with Crippen LogP contribution in [0.1, 0.15) is 76.7 Å². The van der Waals surface area contributed by atoms with Gasteiger partial charge >= 0.3 is 11.5 Å². The molecule has 2 heterocycles. The molecule has 0 aliphatic carbocycles.